The van der Waals surface area contributed by atoms with Crippen molar-refractivity contribution < 1.29 is 14.7 Å². The van der Waals surface area contributed by atoms with Gasteiger partial charge in [-0.05, 0) is 17.7 Å². The number of hydrogen-bond donors (Lipinski definition) is 3. The van der Waals surface area contributed by atoms with Crippen molar-refractivity contribution in [2.24, 2.45) is 0 Å². The molecule has 0 aliphatic heterocycles. The summed E-state index contributed by atoms with van der Waals surface area (Å²) in [5.41, 5.74) is 1.51. The van der Waals surface area contributed by atoms with Gasteiger partial charge < -0.3 is 15.7 Å². The molecule has 1 unspecified atom stereocenters. The van der Waals surface area contributed by atoms with E-state index >= 15 is 0 Å². The zero-order valence-electron chi connectivity index (χ0n) is 10.5. The predicted octanol–water partition coefficient (Wildman–Crippen LogP) is 0.237. The summed E-state index contributed by atoms with van der Waals surface area (Å²) in [6, 6.07) is 8.04. The molecule has 19 heavy (non-hydrogen) atoms. The molecule has 0 aliphatic carbocycles. The second-order valence-corrected chi connectivity index (χ2v) is 4.03. The van der Waals surface area contributed by atoms with Gasteiger partial charge in [-0.15, -0.1) is 0 Å². The van der Waals surface area contributed by atoms with Crippen molar-refractivity contribution in [1.82, 2.24) is 10.6 Å². The van der Waals surface area contributed by atoms with Crippen LogP contribution in [0.2, 0.25) is 0 Å². The number of nitrogens with one attached hydrogen (secondary N) is 2. The average molecular weight is 261 g/mol. The Hall–Kier alpha value is -2.39. The predicted molar refractivity (Wildman–Crippen MR) is 68.1 cm³/mol. The molecule has 0 aromatic heterocycles. The second-order valence-electron chi connectivity index (χ2n) is 4.03. The molecule has 0 fully saturated rings. The first-order valence-corrected chi connectivity index (χ1v) is 5.72. The van der Waals surface area contributed by atoms with Crippen LogP contribution in [0.3, 0.4) is 0 Å². The molecule has 6 heteroatoms. The van der Waals surface area contributed by atoms with E-state index in [-0.39, 0.29) is 12.5 Å². The van der Waals surface area contributed by atoms with E-state index in [1.165, 1.54) is 6.92 Å². The Bertz CT molecular complexity index is 491. The fraction of sp³-hybridized carbons (Fsp3) is 0.308. The zero-order valence-corrected chi connectivity index (χ0v) is 10.5. The van der Waals surface area contributed by atoms with Crippen molar-refractivity contribution in [1.29, 1.82) is 5.26 Å². The van der Waals surface area contributed by atoms with Crippen LogP contribution in [-0.2, 0) is 16.1 Å². The first-order chi connectivity index (χ1) is 9.02. The minimum atomic E-state index is -1.08. The quantitative estimate of drug-likeness (QED) is 0.680. The monoisotopic (exact) mass is 261 g/mol. The molecule has 100 valence electrons. The van der Waals surface area contributed by atoms with Gasteiger partial charge in [0.2, 0.25) is 5.91 Å². The van der Waals surface area contributed by atoms with Crippen LogP contribution < -0.4 is 10.6 Å². The van der Waals surface area contributed by atoms with E-state index in [2.05, 4.69) is 10.6 Å². The molecule has 1 aromatic rings. The van der Waals surface area contributed by atoms with E-state index < -0.39 is 12.0 Å². The molecular weight excluding hydrogens is 246 g/mol. The molecule has 0 spiro atoms. The Morgan fingerprint density at radius 1 is 1.37 bits per heavy atom. The number of aliphatic carboxylic acids is 1. The number of carboxylic acids is 1. The molecule has 0 aliphatic rings. The van der Waals surface area contributed by atoms with Crippen molar-refractivity contribution in [2.75, 3.05) is 6.54 Å². The van der Waals surface area contributed by atoms with Gasteiger partial charge in [0.15, 0.2) is 0 Å². The summed E-state index contributed by atoms with van der Waals surface area (Å²) in [6.45, 7) is 1.88. The number of nitrogens with zero attached hydrogens (tertiary/aromatic N) is 1. The van der Waals surface area contributed by atoms with Crippen molar-refractivity contribution in [3.8, 4) is 6.07 Å². The van der Waals surface area contributed by atoms with Gasteiger partial charge in [-0.3, -0.25) is 4.79 Å². The van der Waals surface area contributed by atoms with Crippen molar-refractivity contribution in [3.63, 3.8) is 0 Å². The Labute approximate surface area is 111 Å². The summed E-state index contributed by atoms with van der Waals surface area (Å²) in [4.78, 5) is 21.7. The highest BCUT2D eigenvalue weighted by atomic mass is 16.4. The van der Waals surface area contributed by atoms with E-state index in [0.717, 1.165) is 5.56 Å². The lowest BCUT2D eigenvalue weighted by Crippen LogP contribution is -2.46. The molecule has 1 aromatic carbocycles. The SMILES string of the molecule is CC(=O)NC(CNCc1ccc(C#N)cc1)C(=O)O. The van der Waals surface area contributed by atoms with Gasteiger partial charge in [0, 0.05) is 20.0 Å². The first kappa shape index (κ1) is 14.7. The lowest BCUT2D eigenvalue weighted by molar-refractivity contribution is -0.141. The van der Waals surface area contributed by atoms with Gasteiger partial charge >= 0.3 is 5.97 Å². The molecule has 0 radical (unpaired) electrons. The van der Waals surface area contributed by atoms with Crippen molar-refractivity contribution in [2.45, 2.75) is 19.5 Å². The third-order valence-electron chi connectivity index (χ3n) is 2.44. The number of hydrogen-bond acceptors (Lipinski definition) is 4. The maximum absolute atomic E-state index is 10.9. The minimum absolute atomic E-state index is 0.134. The van der Waals surface area contributed by atoms with E-state index in [4.69, 9.17) is 10.4 Å². The number of carbonyl (C=O) groups is 2. The minimum Gasteiger partial charge on any atom is -0.480 e. The summed E-state index contributed by atoms with van der Waals surface area (Å²) in [7, 11) is 0. The van der Waals surface area contributed by atoms with E-state index in [0.29, 0.717) is 12.1 Å². The largest absolute Gasteiger partial charge is 0.480 e. The lowest BCUT2D eigenvalue weighted by atomic mass is 10.1. The number of amides is 1. The maximum atomic E-state index is 10.9. The summed E-state index contributed by atoms with van der Waals surface area (Å²) >= 11 is 0. The van der Waals surface area contributed by atoms with Crippen molar-refractivity contribution >= 4 is 11.9 Å². The summed E-state index contributed by atoms with van der Waals surface area (Å²) < 4.78 is 0. The number of carbonyl (C=O) groups excluding carboxylic acids is 1. The van der Waals surface area contributed by atoms with Gasteiger partial charge in [0.05, 0.1) is 11.6 Å². The number of nitriles is 1. The van der Waals surface area contributed by atoms with E-state index in [9.17, 15) is 9.59 Å². The third kappa shape index (κ3) is 5.19. The lowest BCUT2D eigenvalue weighted by Gasteiger charge is -2.14. The van der Waals surface area contributed by atoms with Crippen LogP contribution in [0.25, 0.3) is 0 Å². The Morgan fingerprint density at radius 2 is 2.00 bits per heavy atom. The van der Waals surface area contributed by atoms with E-state index in [1.54, 1.807) is 24.3 Å². The topological polar surface area (TPSA) is 102 Å². The molecule has 1 amide bonds. The molecule has 0 heterocycles. The van der Waals surface area contributed by atoms with Crippen LogP contribution >= 0.6 is 0 Å². The molecule has 6 nitrogen and oxygen atoms in total. The second kappa shape index (κ2) is 7.13. The van der Waals surface area contributed by atoms with Gasteiger partial charge in [0.1, 0.15) is 6.04 Å². The third-order valence-corrected chi connectivity index (χ3v) is 2.44. The standard InChI is InChI=1S/C13H15N3O3/c1-9(17)16-12(13(18)19)8-15-7-11-4-2-10(6-14)3-5-11/h2-5,12,15H,7-8H2,1H3,(H,16,17)(H,18,19). The van der Waals surface area contributed by atoms with E-state index in [1.807, 2.05) is 6.07 Å². The fourth-order valence-electron chi connectivity index (χ4n) is 1.50. The van der Waals surface area contributed by atoms with Crippen LogP contribution in [0, 0.1) is 11.3 Å². The molecule has 1 rings (SSSR count). The fourth-order valence-corrected chi connectivity index (χ4v) is 1.50. The summed E-state index contributed by atoms with van der Waals surface area (Å²) in [5, 5.41) is 22.8. The van der Waals surface area contributed by atoms with Crippen LogP contribution in [0.5, 0.6) is 0 Å². The highest BCUT2D eigenvalue weighted by Gasteiger charge is 2.17. The average Bonchev–Trinajstić information content (AvgIpc) is 2.37. The molecular formula is C13H15N3O3. The molecule has 1 atom stereocenters. The molecule has 3 N–H and O–H groups in total. The van der Waals surface area contributed by atoms with Crippen LogP contribution in [-0.4, -0.2) is 29.6 Å². The number of rotatable bonds is 6. The van der Waals surface area contributed by atoms with Gasteiger partial charge in [0.25, 0.3) is 0 Å². The van der Waals surface area contributed by atoms with Crippen molar-refractivity contribution in [3.05, 3.63) is 35.4 Å². The van der Waals surface area contributed by atoms with Gasteiger partial charge in [-0.1, -0.05) is 12.1 Å². The highest BCUT2D eigenvalue weighted by molar-refractivity contribution is 5.82. The summed E-state index contributed by atoms with van der Waals surface area (Å²) in [6.07, 6.45) is 0. The molecule has 0 saturated carbocycles. The summed E-state index contributed by atoms with van der Waals surface area (Å²) in [5.74, 6) is -1.46. The smallest absolute Gasteiger partial charge is 0.327 e. The molecule has 0 bridgehead atoms. The first-order valence-electron chi connectivity index (χ1n) is 5.72. The zero-order chi connectivity index (χ0) is 14.3. The van der Waals surface area contributed by atoms with Gasteiger partial charge in [-0.25, -0.2) is 4.79 Å². The Morgan fingerprint density at radius 3 is 2.47 bits per heavy atom. The Kier molecular flexibility index (Phi) is 5.51. The van der Waals surface area contributed by atoms with Crippen LogP contribution in [0.15, 0.2) is 24.3 Å². The Balaban J connectivity index is 2.45. The number of carboxylic acid groups (broad SMARTS) is 1. The normalized spacial score (nSPS) is 11.4. The highest BCUT2D eigenvalue weighted by Crippen LogP contribution is 2.02. The van der Waals surface area contributed by atoms with Crippen LogP contribution in [0.1, 0.15) is 18.1 Å². The maximum Gasteiger partial charge on any atom is 0.327 e. The number of benzene rings is 1. The van der Waals surface area contributed by atoms with Crippen LogP contribution in [0.4, 0.5) is 0 Å². The van der Waals surface area contributed by atoms with Gasteiger partial charge in [-0.2, -0.15) is 5.26 Å². The molecule has 0 saturated heterocycles.